The molecule has 0 atom stereocenters. The summed E-state index contributed by atoms with van der Waals surface area (Å²) in [4.78, 5) is 8.56. The quantitative estimate of drug-likeness (QED) is 0.749. The lowest BCUT2D eigenvalue weighted by Gasteiger charge is -2.00. The zero-order chi connectivity index (χ0) is 12.5. The number of aliphatic hydroxyl groups excluding tert-OH is 1. The van der Waals surface area contributed by atoms with Gasteiger partial charge in [-0.05, 0) is 24.3 Å². The molecule has 1 N–H and O–H groups in total. The van der Waals surface area contributed by atoms with Gasteiger partial charge in [-0.1, -0.05) is 6.07 Å². The first-order chi connectivity index (χ1) is 8.79. The summed E-state index contributed by atoms with van der Waals surface area (Å²) in [5, 5.41) is 9.45. The number of imidazole rings is 1. The Morgan fingerprint density at radius 2 is 2.11 bits per heavy atom. The van der Waals surface area contributed by atoms with Gasteiger partial charge in [-0.2, -0.15) is 0 Å². The number of hydrogen-bond acceptors (Lipinski definition) is 3. The molecule has 0 spiro atoms. The third kappa shape index (κ3) is 1.65. The molecule has 3 heterocycles. The molecule has 18 heavy (non-hydrogen) atoms. The fourth-order valence-corrected chi connectivity index (χ4v) is 1.93. The van der Waals surface area contributed by atoms with Crippen LogP contribution in [0.2, 0.25) is 0 Å². The standard InChI is InChI=1S/C13H10FN3O/c14-9-4-5-12-16-13(10-3-1-2-6-15-10)11(8-18)17(12)7-9/h1-7,18H,8H2. The summed E-state index contributed by atoms with van der Waals surface area (Å²) in [5.41, 5.74) is 2.35. The van der Waals surface area contributed by atoms with Gasteiger partial charge >= 0.3 is 0 Å². The predicted molar refractivity (Wildman–Crippen MR) is 64.3 cm³/mol. The Balaban J connectivity index is 2.30. The molecular formula is C13H10FN3O. The van der Waals surface area contributed by atoms with E-state index in [0.717, 1.165) is 0 Å². The lowest BCUT2D eigenvalue weighted by atomic mass is 10.2. The lowest BCUT2D eigenvalue weighted by Crippen LogP contribution is -1.95. The van der Waals surface area contributed by atoms with Crippen LogP contribution in [0, 0.1) is 5.82 Å². The van der Waals surface area contributed by atoms with Crippen LogP contribution in [0.15, 0.2) is 42.7 Å². The molecule has 0 saturated heterocycles. The van der Waals surface area contributed by atoms with E-state index in [9.17, 15) is 9.50 Å². The van der Waals surface area contributed by atoms with E-state index in [-0.39, 0.29) is 12.4 Å². The highest BCUT2D eigenvalue weighted by Crippen LogP contribution is 2.22. The number of hydrogen-bond donors (Lipinski definition) is 1. The van der Waals surface area contributed by atoms with Crippen molar-refractivity contribution in [3.63, 3.8) is 0 Å². The van der Waals surface area contributed by atoms with Gasteiger partial charge in [0.1, 0.15) is 17.2 Å². The normalized spacial score (nSPS) is 11.0. The van der Waals surface area contributed by atoms with Crippen molar-refractivity contribution < 1.29 is 9.50 Å². The first-order valence-corrected chi connectivity index (χ1v) is 5.48. The van der Waals surface area contributed by atoms with E-state index in [0.29, 0.717) is 22.7 Å². The molecule has 0 fully saturated rings. The van der Waals surface area contributed by atoms with Gasteiger partial charge in [0, 0.05) is 12.4 Å². The van der Waals surface area contributed by atoms with Gasteiger partial charge in [0.2, 0.25) is 0 Å². The second-order valence-corrected chi connectivity index (χ2v) is 3.86. The molecule has 3 aromatic rings. The highest BCUT2D eigenvalue weighted by molar-refractivity contribution is 5.63. The number of halogens is 1. The van der Waals surface area contributed by atoms with Gasteiger partial charge in [0.25, 0.3) is 0 Å². The number of aromatic nitrogens is 3. The molecule has 0 aliphatic rings. The summed E-state index contributed by atoms with van der Waals surface area (Å²) < 4.78 is 14.8. The van der Waals surface area contributed by atoms with Gasteiger partial charge < -0.3 is 5.11 Å². The van der Waals surface area contributed by atoms with Gasteiger partial charge in [-0.3, -0.25) is 9.38 Å². The lowest BCUT2D eigenvalue weighted by molar-refractivity contribution is 0.276. The van der Waals surface area contributed by atoms with Crippen molar-refractivity contribution in [2.75, 3.05) is 0 Å². The minimum Gasteiger partial charge on any atom is -0.390 e. The molecule has 0 aromatic carbocycles. The van der Waals surface area contributed by atoms with E-state index in [4.69, 9.17) is 0 Å². The summed E-state index contributed by atoms with van der Waals surface area (Å²) in [6.07, 6.45) is 2.96. The van der Waals surface area contributed by atoms with E-state index < -0.39 is 0 Å². The number of aliphatic hydroxyl groups is 1. The Hall–Kier alpha value is -2.27. The third-order valence-electron chi connectivity index (χ3n) is 2.74. The Morgan fingerprint density at radius 3 is 2.83 bits per heavy atom. The van der Waals surface area contributed by atoms with Crippen LogP contribution in [0.4, 0.5) is 4.39 Å². The first-order valence-electron chi connectivity index (χ1n) is 5.48. The van der Waals surface area contributed by atoms with Crippen LogP contribution < -0.4 is 0 Å². The molecule has 5 heteroatoms. The van der Waals surface area contributed by atoms with Crippen LogP contribution in [0.1, 0.15) is 5.69 Å². The molecular weight excluding hydrogens is 233 g/mol. The molecule has 90 valence electrons. The SMILES string of the molecule is OCc1c(-c2ccccn2)nc2ccc(F)cn12. The fraction of sp³-hybridized carbons (Fsp3) is 0.0769. The molecule has 0 amide bonds. The molecule has 3 rings (SSSR count). The maximum Gasteiger partial charge on any atom is 0.139 e. The second-order valence-electron chi connectivity index (χ2n) is 3.86. The average Bonchev–Trinajstić information content (AvgIpc) is 2.77. The molecule has 0 unspecified atom stereocenters. The van der Waals surface area contributed by atoms with Crippen LogP contribution in [-0.2, 0) is 6.61 Å². The van der Waals surface area contributed by atoms with Gasteiger partial charge in [-0.15, -0.1) is 0 Å². The van der Waals surface area contributed by atoms with E-state index in [1.54, 1.807) is 28.8 Å². The molecule has 3 aromatic heterocycles. The summed E-state index contributed by atoms with van der Waals surface area (Å²) in [7, 11) is 0. The molecule has 0 aliphatic carbocycles. The number of fused-ring (bicyclic) bond motifs is 1. The van der Waals surface area contributed by atoms with Crippen LogP contribution in [0.5, 0.6) is 0 Å². The second kappa shape index (κ2) is 4.19. The predicted octanol–water partition coefficient (Wildman–Crippen LogP) is 2.03. The van der Waals surface area contributed by atoms with Crippen molar-refractivity contribution >= 4 is 5.65 Å². The molecule has 0 bridgehead atoms. The van der Waals surface area contributed by atoms with Crippen molar-refractivity contribution in [2.24, 2.45) is 0 Å². The minimum absolute atomic E-state index is 0.226. The summed E-state index contributed by atoms with van der Waals surface area (Å²) in [6.45, 7) is -0.226. The van der Waals surface area contributed by atoms with E-state index in [1.165, 1.54) is 12.3 Å². The molecule has 4 nitrogen and oxygen atoms in total. The van der Waals surface area contributed by atoms with Gasteiger partial charge in [0.05, 0.1) is 18.0 Å². The Labute approximate surface area is 102 Å². The Kier molecular flexibility index (Phi) is 2.53. The Morgan fingerprint density at radius 1 is 1.22 bits per heavy atom. The summed E-state index contributed by atoms with van der Waals surface area (Å²) >= 11 is 0. The first kappa shape index (κ1) is 10.9. The zero-order valence-electron chi connectivity index (χ0n) is 9.42. The largest absolute Gasteiger partial charge is 0.390 e. The van der Waals surface area contributed by atoms with Crippen molar-refractivity contribution in [2.45, 2.75) is 6.61 Å². The molecule has 0 saturated carbocycles. The number of pyridine rings is 2. The zero-order valence-corrected chi connectivity index (χ0v) is 9.42. The highest BCUT2D eigenvalue weighted by Gasteiger charge is 2.14. The van der Waals surface area contributed by atoms with E-state index >= 15 is 0 Å². The van der Waals surface area contributed by atoms with Crippen molar-refractivity contribution in [1.29, 1.82) is 0 Å². The topological polar surface area (TPSA) is 50.4 Å². The van der Waals surface area contributed by atoms with Crippen molar-refractivity contribution in [1.82, 2.24) is 14.4 Å². The molecule has 0 aliphatic heterocycles. The van der Waals surface area contributed by atoms with Gasteiger partial charge in [0.15, 0.2) is 0 Å². The van der Waals surface area contributed by atoms with Crippen molar-refractivity contribution in [3.05, 3.63) is 54.2 Å². The van der Waals surface area contributed by atoms with Crippen LogP contribution in [-0.4, -0.2) is 19.5 Å². The highest BCUT2D eigenvalue weighted by atomic mass is 19.1. The fourth-order valence-electron chi connectivity index (χ4n) is 1.93. The Bertz CT molecular complexity index is 694. The average molecular weight is 243 g/mol. The smallest absolute Gasteiger partial charge is 0.139 e. The van der Waals surface area contributed by atoms with Crippen LogP contribution in [0.3, 0.4) is 0 Å². The van der Waals surface area contributed by atoms with Gasteiger partial charge in [-0.25, -0.2) is 9.37 Å². The van der Waals surface area contributed by atoms with Crippen LogP contribution >= 0.6 is 0 Å². The van der Waals surface area contributed by atoms with Crippen LogP contribution in [0.25, 0.3) is 17.0 Å². The third-order valence-corrected chi connectivity index (χ3v) is 2.74. The minimum atomic E-state index is -0.373. The number of rotatable bonds is 2. The van der Waals surface area contributed by atoms with Crippen molar-refractivity contribution in [3.8, 4) is 11.4 Å². The van der Waals surface area contributed by atoms with E-state index in [2.05, 4.69) is 9.97 Å². The monoisotopic (exact) mass is 243 g/mol. The number of nitrogens with zero attached hydrogens (tertiary/aromatic N) is 3. The van der Waals surface area contributed by atoms with E-state index in [1.807, 2.05) is 6.07 Å². The molecule has 0 radical (unpaired) electrons. The summed E-state index contributed by atoms with van der Waals surface area (Å²) in [6, 6.07) is 8.36. The summed E-state index contributed by atoms with van der Waals surface area (Å²) in [5.74, 6) is -0.373. The maximum absolute atomic E-state index is 13.2. The maximum atomic E-state index is 13.2.